The molecule has 0 radical (unpaired) electrons. The molecule has 0 fully saturated rings. The lowest BCUT2D eigenvalue weighted by atomic mass is 10.3. The molecule has 1 aromatic rings. The van der Waals surface area contributed by atoms with Gasteiger partial charge in [0.25, 0.3) is 5.91 Å². The molecular formula is C7H10N4O2. The standard InChI is InChI=1S/C7H10N4O2/c1-3-4-11(2)7(12)5-6(8)10-13-9-5/h3H,1,4H2,2H3,(H2,8,10). The number of hydrogen-bond donors (Lipinski definition) is 1. The van der Waals surface area contributed by atoms with E-state index in [1.807, 2.05) is 0 Å². The first-order valence-electron chi connectivity index (χ1n) is 3.61. The van der Waals surface area contributed by atoms with Crippen LogP contribution >= 0.6 is 0 Å². The first kappa shape index (κ1) is 9.24. The fourth-order valence-electron chi connectivity index (χ4n) is 0.801. The van der Waals surface area contributed by atoms with Gasteiger partial charge in [-0.15, -0.1) is 6.58 Å². The topological polar surface area (TPSA) is 85.2 Å². The van der Waals surface area contributed by atoms with Crippen LogP contribution in [0.15, 0.2) is 17.3 Å². The minimum absolute atomic E-state index is 0.000845. The summed E-state index contributed by atoms with van der Waals surface area (Å²) < 4.78 is 4.30. The zero-order chi connectivity index (χ0) is 9.84. The number of likely N-dealkylation sites (N-methyl/N-ethyl adjacent to an activating group) is 1. The maximum Gasteiger partial charge on any atom is 0.280 e. The van der Waals surface area contributed by atoms with Gasteiger partial charge in [0.05, 0.1) is 0 Å². The molecule has 0 bridgehead atoms. The van der Waals surface area contributed by atoms with E-state index < -0.39 is 0 Å². The number of nitrogens with zero attached hydrogens (tertiary/aromatic N) is 3. The zero-order valence-corrected chi connectivity index (χ0v) is 7.23. The minimum Gasteiger partial charge on any atom is -0.379 e. The van der Waals surface area contributed by atoms with Gasteiger partial charge in [-0.25, -0.2) is 4.63 Å². The molecule has 0 atom stereocenters. The Bertz CT molecular complexity index is 320. The van der Waals surface area contributed by atoms with Crippen LogP contribution in [0.5, 0.6) is 0 Å². The third kappa shape index (κ3) is 1.84. The van der Waals surface area contributed by atoms with Gasteiger partial charge in [-0.3, -0.25) is 4.79 Å². The van der Waals surface area contributed by atoms with E-state index in [9.17, 15) is 4.79 Å². The number of hydrogen-bond acceptors (Lipinski definition) is 5. The Labute approximate surface area is 75.0 Å². The van der Waals surface area contributed by atoms with Gasteiger partial charge in [-0.2, -0.15) is 0 Å². The molecule has 70 valence electrons. The predicted molar refractivity (Wildman–Crippen MR) is 45.9 cm³/mol. The van der Waals surface area contributed by atoms with Crippen LogP contribution in [0, 0.1) is 0 Å². The Kier molecular flexibility index (Phi) is 2.63. The number of rotatable bonds is 3. The Morgan fingerprint density at radius 1 is 1.77 bits per heavy atom. The normalized spacial score (nSPS) is 9.62. The van der Waals surface area contributed by atoms with E-state index in [0.29, 0.717) is 6.54 Å². The summed E-state index contributed by atoms with van der Waals surface area (Å²) >= 11 is 0. The summed E-state index contributed by atoms with van der Waals surface area (Å²) in [5, 5.41) is 6.68. The molecule has 0 aliphatic heterocycles. The molecule has 1 rings (SSSR count). The molecule has 0 aliphatic rings. The number of nitrogen functional groups attached to an aromatic ring is 1. The van der Waals surface area contributed by atoms with Crippen molar-refractivity contribution in [3.8, 4) is 0 Å². The van der Waals surface area contributed by atoms with Crippen molar-refractivity contribution in [2.75, 3.05) is 19.3 Å². The molecule has 13 heavy (non-hydrogen) atoms. The van der Waals surface area contributed by atoms with Crippen molar-refractivity contribution in [1.82, 2.24) is 15.2 Å². The van der Waals surface area contributed by atoms with E-state index in [1.165, 1.54) is 4.90 Å². The van der Waals surface area contributed by atoms with Crippen molar-refractivity contribution in [1.29, 1.82) is 0 Å². The molecule has 1 amide bonds. The minimum atomic E-state index is -0.335. The smallest absolute Gasteiger partial charge is 0.280 e. The van der Waals surface area contributed by atoms with Gasteiger partial charge in [-0.1, -0.05) is 6.08 Å². The second-order valence-electron chi connectivity index (χ2n) is 2.47. The highest BCUT2D eigenvalue weighted by molar-refractivity contribution is 5.95. The first-order valence-corrected chi connectivity index (χ1v) is 3.61. The summed E-state index contributed by atoms with van der Waals surface area (Å²) in [7, 11) is 1.61. The molecule has 6 nitrogen and oxygen atoms in total. The van der Waals surface area contributed by atoms with E-state index in [4.69, 9.17) is 5.73 Å². The molecule has 6 heteroatoms. The zero-order valence-electron chi connectivity index (χ0n) is 7.23. The SMILES string of the molecule is C=CCN(C)C(=O)c1nonc1N. The number of carbonyl (C=O) groups excluding carboxylic acids is 1. The fourth-order valence-corrected chi connectivity index (χ4v) is 0.801. The van der Waals surface area contributed by atoms with Gasteiger partial charge in [0.15, 0.2) is 0 Å². The van der Waals surface area contributed by atoms with Crippen molar-refractivity contribution in [2.24, 2.45) is 0 Å². The van der Waals surface area contributed by atoms with Crippen molar-refractivity contribution < 1.29 is 9.42 Å². The van der Waals surface area contributed by atoms with Gasteiger partial charge in [0.1, 0.15) is 0 Å². The van der Waals surface area contributed by atoms with E-state index in [0.717, 1.165) is 0 Å². The van der Waals surface area contributed by atoms with Crippen LogP contribution < -0.4 is 5.73 Å². The molecule has 0 spiro atoms. The highest BCUT2D eigenvalue weighted by Crippen LogP contribution is 2.06. The van der Waals surface area contributed by atoms with Crippen molar-refractivity contribution in [3.63, 3.8) is 0 Å². The van der Waals surface area contributed by atoms with Gasteiger partial charge in [-0.05, 0) is 10.3 Å². The van der Waals surface area contributed by atoms with Crippen LogP contribution in [-0.2, 0) is 0 Å². The Hall–Kier alpha value is -1.85. The number of nitrogens with two attached hydrogens (primary N) is 1. The second-order valence-corrected chi connectivity index (χ2v) is 2.47. The van der Waals surface area contributed by atoms with E-state index in [1.54, 1.807) is 13.1 Å². The quantitative estimate of drug-likeness (QED) is 0.660. The lowest BCUT2D eigenvalue weighted by Gasteiger charge is -2.11. The Morgan fingerprint density at radius 3 is 2.92 bits per heavy atom. The van der Waals surface area contributed by atoms with Crippen molar-refractivity contribution in [3.05, 3.63) is 18.3 Å². The summed E-state index contributed by atoms with van der Waals surface area (Å²) in [6, 6.07) is 0. The largest absolute Gasteiger partial charge is 0.379 e. The molecule has 0 aromatic carbocycles. The Morgan fingerprint density at radius 2 is 2.46 bits per heavy atom. The van der Waals surface area contributed by atoms with Crippen molar-refractivity contribution in [2.45, 2.75) is 0 Å². The first-order chi connectivity index (χ1) is 6.16. The molecule has 1 aromatic heterocycles. The van der Waals surface area contributed by atoms with Gasteiger partial charge in [0.2, 0.25) is 11.5 Å². The predicted octanol–water partition coefficient (Wildman–Crippen LogP) is -0.0902. The summed E-state index contributed by atoms with van der Waals surface area (Å²) in [4.78, 5) is 12.9. The average molecular weight is 182 g/mol. The molecule has 0 unspecified atom stereocenters. The molecule has 2 N–H and O–H groups in total. The number of anilines is 1. The molecule has 1 heterocycles. The number of aromatic nitrogens is 2. The van der Waals surface area contributed by atoms with Crippen LogP contribution in [-0.4, -0.2) is 34.7 Å². The third-order valence-electron chi connectivity index (χ3n) is 1.47. The highest BCUT2D eigenvalue weighted by Gasteiger charge is 2.18. The maximum absolute atomic E-state index is 11.5. The van der Waals surface area contributed by atoms with Crippen LogP contribution in [0.25, 0.3) is 0 Å². The summed E-state index contributed by atoms with van der Waals surface area (Å²) in [5.41, 5.74) is 5.37. The van der Waals surface area contributed by atoms with Crippen LogP contribution in [0.1, 0.15) is 10.5 Å². The Balaban J connectivity index is 2.79. The van der Waals surface area contributed by atoms with E-state index >= 15 is 0 Å². The summed E-state index contributed by atoms with van der Waals surface area (Å²) in [6.45, 7) is 3.92. The van der Waals surface area contributed by atoms with Crippen LogP contribution in [0.3, 0.4) is 0 Å². The number of carbonyl (C=O) groups is 1. The average Bonchev–Trinajstić information content (AvgIpc) is 2.50. The van der Waals surface area contributed by atoms with Gasteiger partial charge in [0, 0.05) is 13.6 Å². The van der Waals surface area contributed by atoms with E-state index in [-0.39, 0.29) is 17.4 Å². The highest BCUT2D eigenvalue weighted by atomic mass is 16.6. The fraction of sp³-hybridized carbons (Fsp3) is 0.286. The third-order valence-corrected chi connectivity index (χ3v) is 1.47. The molecule has 0 aliphatic carbocycles. The van der Waals surface area contributed by atoms with Gasteiger partial charge >= 0.3 is 0 Å². The monoisotopic (exact) mass is 182 g/mol. The number of amides is 1. The lowest BCUT2D eigenvalue weighted by Crippen LogP contribution is -2.27. The van der Waals surface area contributed by atoms with E-state index in [2.05, 4.69) is 21.5 Å². The van der Waals surface area contributed by atoms with Crippen molar-refractivity contribution >= 4 is 11.7 Å². The lowest BCUT2D eigenvalue weighted by molar-refractivity contribution is 0.0800. The summed E-state index contributed by atoms with van der Waals surface area (Å²) in [6.07, 6.45) is 1.60. The van der Waals surface area contributed by atoms with Gasteiger partial charge < -0.3 is 10.6 Å². The molecular weight excluding hydrogens is 172 g/mol. The summed E-state index contributed by atoms with van der Waals surface area (Å²) in [5.74, 6) is -0.334. The maximum atomic E-state index is 11.5. The van der Waals surface area contributed by atoms with Crippen LogP contribution in [0.4, 0.5) is 5.82 Å². The molecule has 0 saturated carbocycles. The second kappa shape index (κ2) is 3.70. The molecule has 0 saturated heterocycles. The van der Waals surface area contributed by atoms with Crippen LogP contribution in [0.2, 0.25) is 0 Å².